The molecule has 0 saturated carbocycles. The molecule has 2 aromatic rings. The molecule has 6 heteroatoms. The van der Waals surface area contributed by atoms with Crippen molar-refractivity contribution in [1.82, 2.24) is 19.9 Å². The second kappa shape index (κ2) is 3.82. The Kier molecular flexibility index (Phi) is 2.51. The molecular weight excluding hydrogens is 210 g/mol. The molecule has 0 saturated heterocycles. The third-order valence-corrected chi connectivity index (χ3v) is 2.39. The van der Waals surface area contributed by atoms with Crippen LogP contribution in [0.15, 0.2) is 18.2 Å². The van der Waals surface area contributed by atoms with E-state index < -0.39 is 0 Å². The topological polar surface area (TPSA) is 72.5 Å². The maximum atomic E-state index is 5.70. The van der Waals surface area contributed by atoms with E-state index in [4.69, 9.17) is 18.1 Å². The van der Waals surface area contributed by atoms with Gasteiger partial charge in [-0.15, -0.1) is 0 Å². The second-order valence-electron chi connectivity index (χ2n) is 3.09. The van der Waals surface area contributed by atoms with Crippen LogP contribution in [0.3, 0.4) is 0 Å². The van der Waals surface area contributed by atoms with Gasteiger partial charge in [-0.1, -0.05) is 13.0 Å². The summed E-state index contributed by atoms with van der Waals surface area (Å²) in [5.41, 5.74) is 1.73. The van der Waals surface area contributed by atoms with Crippen molar-refractivity contribution in [2.45, 2.75) is 13.3 Å². The van der Waals surface area contributed by atoms with E-state index in [-0.39, 0.29) is 0 Å². The molecule has 2 aromatic heterocycles. The smallest absolute Gasteiger partial charge is 0.214 e. The number of nitrogens with two attached hydrogens (primary N) is 1. The molecule has 78 valence electrons. The Balaban J connectivity index is 2.54. The quantitative estimate of drug-likeness (QED) is 0.592. The average molecular weight is 221 g/mol. The van der Waals surface area contributed by atoms with E-state index in [1.165, 1.54) is 4.68 Å². The number of aromatic amines is 1. The highest BCUT2D eigenvalue weighted by Crippen LogP contribution is 2.12. The number of nitrogens with zero attached hydrogens (tertiary/aromatic N) is 3. The van der Waals surface area contributed by atoms with Gasteiger partial charge in [0.1, 0.15) is 5.69 Å². The van der Waals surface area contributed by atoms with Crippen LogP contribution in [-0.4, -0.2) is 19.9 Å². The number of aryl methyl sites for hydroxylation is 1. The molecule has 0 aliphatic carbocycles. The molecule has 0 fully saturated rings. The normalized spacial score (nSPS) is 10.5. The van der Waals surface area contributed by atoms with Gasteiger partial charge in [-0.25, -0.2) is 14.8 Å². The van der Waals surface area contributed by atoms with Crippen molar-refractivity contribution in [2.24, 2.45) is 0 Å². The lowest BCUT2D eigenvalue weighted by molar-refractivity contribution is 0.965. The summed E-state index contributed by atoms with van der Waals surface area (Å²) >= 11 is 4.93. The minimum atomic E-state index is 0.383. The highest BCUT2D eigenvalue weighted by atomic mass is 32.1. The molecule has 0 aliphatic heterocycles. The summed E-state index contributed by atoms with van der Waals surface area (Å²) in [6.45, 7) is 2.05. The fourth-order valence-electron chi connectivity index (χ4n) is 1.29. The van der Waals surface area contributed by atoms with Gasteiger partial charge in [0.15, 0.2) is 5.82 Å². The first-order chi connectivity index (χ1) is 7.22. The Morgan fingerprint density at radius 2 is 2.33 bits per heavy atom. The van der Waals surface area contributed by atoms with Crippen LogP contribution in [0.2, 0.25) is 0 Å². The molecule has 0 atom stereocenters. The summed E-state index contributed by atoms with van der Waals surface area (Å²) in [4.78, 5) is 4.41. The molecule has 2 rings (SSSR count). The summed E-state index contributed by atoms with van der Waals surface area (Å²) in [5.74, 6) is 6.26. The van der Waals surface area contributed by atoms with Crippen molar-refractivity contribution in [2.75, 3.05) is 5.84 Å². The molecule has 5 nitrogen and oxygen atoms in total. The van der Waals surface area contributed by atoms with Crippen LogP contribution in [0.5, 0.6) is 0 Å². The number of hydrogen-bond donors (Lipinski definition) is 2. The predicted octanol–water partition coefficient (Wildman–Crippen LogP) is 1.28. The molecule has 2 heterocycles. The number of pyridine rings is 1. The Labute approximate surface area is 91.9 Å². The first-order valence-electron chi connectivity index (χ1n) is 4.61. The van der Waals surface area contributed by atoms with E-state index in [0.29, 0.717) is 10.6 Å². The second-order valence-corrected chi connectivity index (χ2v) is 3.48. The van der Waals surface area contributed by atoms with Crippen LogP contribution in [0.25, 0.3) is 11.5 Å². The first-order valence-corrected chi connectivity index (χ1v) is 5.02. The Hall–Kier alpha value is -1.69. The number of H-pyrrole nitrogens is 1. The van der Waals surface area contributed by atoms with Crippen LogP contribution < -0.4 is 5.84 Å². The molecule has 3 N–H and O–H groups in total. The molecule has 0 unspecified atom stereocenters. The van der Waals surface area contributed by atoms with Gasteiger partial charge in [-0.2, -0.15) is 5.10 Å². The highest BCUT2D eigenvalue weighted by molar-refractivity contribution is 7.71. The van der Waals surface area contributed by atoms with E-state index in [0.717, 1.165) is 17.8 Å². The molecule has 0 amide bonds. The van der Waals surface area contributed by atoms with Crippen LogP contribution in [0, 0.1) is 4.77 Å². The van der Waals surface area contributed by atoms with Crippen molar-refractivity contribution < 1.29 is 0 Å². The summed E-state index contributed by atoms with van der Waals surface area (Å²) in [7, 11) is 0. The monoisotopic (exact) mass is 221 g/mol. The maximum absolute atomic E-state index is 5.70. The molecule has 0 aliphatic rings. The summed E-state index contributed by atoms with van der Waals surface area (Å²) in [6.07, 6.45) is 0.879. The van der Waals surface area contributed by atoms with Crippen molar-refractivity contribution in [3.63, 3.8) is 0 Å². The predicted molar refractivity (Wildman–Crippen MR) is 60.2 cm³/mol. The van der Waals surface area contributed by atoms with Crippen molar-refractivity contribution in [1.29, 1.82) is 0 Å². The van der Waals surface area contributed by atoms with Gasteiger partial charge in [-0.3, -0.25) is 0 Å². The zero-order valence-electron chi connectivity index (χ0n) is 8.27. The number of rotatable bonds is 2. The van der Waals surface area contributed by atoms with Gasteiger partial charge in [0, 0.05) is 5.69 Å². The van der Waals surface area contributed by atoms with Gasteiger partial charge in [0.25, 0.3) is 0 Å². The van der Waals surface area contributed by atoms with Crippen molar-refractivity contribution >= 4 is 12.2 Å². The number of nitrogens with one attached hydrogen (secondary N) is 1. The van der Waals surface area contributed by atoms with Crippen LogP contribution in [0.4, 0.5) is 0 Å². The molecule has 0 aromatic carbocycles. The van der Waals surface area contributed by atoms with E-state index in [9.17, 15) is 0 Å². The van der Waals surface area contributed by atoms with Crippen LogP contribution in [0.1, 0.15) is 12.6 Å². The van der Waals surface area contributed by atoms with E-state index in [1.54, 1.807) is 0 Å². The largest absolute Gasteiger partial charge is 0.335 e. The highest BCUT2D eigenvalue weighted by Gasteiger charge is 2.07. The Morgan fingerprint density at radius 3 is 2.93 bits per heavy atom. The molecule has 0 bridgehead atoms. The number of aromatic nitrogens is 4. The van der Waals surface area contributed by atoms with Gasteiger partial charge in [-0.05, 0) is 30.8 Å². The van der Waals surface area contributed by atoms with E-state index in [1.807, 2.05) is 25.1 Å². The molecular formula is C9H11N5S. The summed E-state index contributed by atoms with van der Waals surface area (Å²) in [5, 5.41) is 6.64. The number of hydrogen-bond acceptors (Lipinski definition) is 4. The van der Waals surface area contributed by atoms with Gasteiger partial charge >= 0.3 is 0 Å². The van der Waals surface area contributed by atoms with Gasteiger partial charge in [0.05, 0.1) is 0 Å². The lowest BCUT2D eigenvalue weighted by atomic mass is 10.2. The fourth-order valence-corrected chi connectivity index (χ4v) is 1.42. The lowest BCUT2D eigenvalue weighted by Crippen LogP contribution is -2.10. The Bertz CT molecular complexity index is 527. The molecule has 0 radical (unpaired) electrons. The minimum absolute atomic E-state index is 0.383. The molecule has 15 heavy (non-hydrogen) atoms. The van der Waals surface area contributed by atoms with E-state index in [2.05, 4.69) is 15.2 Å². The SMILES string of the molecule is CCc1cccc(-c2n[nH]c(=S)n2N)n1. The van der Waals surface area contributed by atoms with Crippen LogP contribution >= 0.6 is 12.2 Å². The first kappa shape index (κ1) is 9.85. The van der Waals surface area contributed by atoms with E-state index >= 15 is 0 Å². The van der Waals surface area contributed by atoms with Crippen molar-refractivity contribution in [3.8, 4) is 11.5 Å². The average Bonchev–Trinajstić information content (AvgIpc) is 2.60. The third-order valence-electron chi connectivity index (χ3n) is 2.10. The van der Waals surface area contributed by atoms with Gasteiger partial charge in [0.2, 0.25) is 4.77 Å². The fraction of sp³-hybridized carbons (Fsp3) is 0.222. The van der Waals surface area contributed by atoms with Gasteiger partial charge < -0.3 is 5.84 Å². The standard InChI is InChI=1S/C9H11N5S/c1-2-6-4-3-5-7(11-6)8-12-13-9(15)14(8)10/h3-5H,2,10H2,1H3,(H,13,15). The summed E-state index contributed by atoms with van der Waals surface area (Å²) in [6, 6.07) is 5.75. The number of nitrogen functional groups attached to an aromatic ring is 1. The third kappa shape index (κ3) is 1.75. The maximum Gasteiger partial charge on any atom is 0.214 e. The molecule has 0 spiro atoms. The zero-order valence-corrected chi connectivity index (χ0v) is 9.08. The van der Waals surface area contributed by atoms with Crippen LogP contribution in [-0.2, 0) is 6.42 Å². The lowest BCUT2D eigenvalue weighted by Gasteiger charge is -2.01. The van der Waals surface area contributed by atoms with Crippen molar-refractivity contribution in [3.05, 3.63) is 28.7 Å². The zero-order chi connectivity index (χ0) is 10.8. The Morgan fingerprint density at radius 1 is 1.53 bits per heavy atom. The summed E-state index contributed by atoms with van der Waals surface area (Å²) < 4.78 is 1.70. The minimum Gasteiger partial charge on any atom is -0.335 e.